The Labute approximate surface area is 139 Å². The highest BCUT2D eigenvalue weighted by atomic mass is 32.2. The van der Waals surface area contributed by atoms with Crippen LogP contribution in [-0.4, -0.2) is 36.9 Å². The molecule has 0 radical (unpaired) electrons. The first kappa shape index (κ1) is 16.4. The molecule has 1 unspecified atom stereocenters. The van der Waals surface area contributed by atoms with Gasteiger partial charge in [0.25, 0.3) is 0 Å². The molecule has 0 aromatic heterocycles. The van der Waals surface area contributed by atoms with E-state index in [4.69, 9.17) is 4.74 Å². The molecule has 122 valence electrons. The third kappa shape index (κ3) is 4.53. The highest BCUT2D eigenvalue weighted by Crippen LogP contribution is 2.24. The molecule has 3 rings (SSSR count). The zero-order valence-corrected chi connectivity index (χ0v) is 13.6. The summed E-state index contributed by atoms with van der Waals surface area (Å²) in [6, 6.07) is 13.4. The third-order valence-corrected chi connectivity index (χ3v) is 4.90. The van der Waals surface area contributed by atoms with E-state index in [1.54, 1.807) is 18.2 Å². The van der Waals surface area contributed by atoms with Crippen LogP contribution in [0.5, 0.6) is 0 Å². The molecular formula is C18H19F2NOS. The number of thioether (sulfide) groups is 1. The minimum Gasteiger partial charge on any atom is -0.371 e. The lowest BCUT2D eigenvalue weighted by molar-refractivity contribution is -0.0279. The maximum absolute atomic E-state index is 13.6. The Kier molecular flexibility index (Phi) is 5.65. The van der Waals surface area contributed by atoms with Crippen molar-refractivity contribution in [2.24, 2.45) is 0 Å². The van der Waals surface area contributed by atoms with Gasteiger partial charge in [-0.05, 0) is 29.8 Å². The van der Waals surface area contributed by atoms with Gasteiger partial charge in [0.05, 0.1) is 12.7 Å². The monoisotopic (exact) mass is 335 g/mol. The molecule has 1 atom stereocenters. The lowest BCUT2D eigenvalue weighted by Crippen LogP contribution is -2.39. The molecule has 23 heavy (non-hydrogen) atoms. The Morgan fingerprint density at radius 3 is 2.83 bits per heavy atom. The van der Waals surface area contributed by atoms with E-state index in [1.807, 2.05) is 12.1 Å². The van der Waals surface area contributed by atoms with Crippen LogP contribution >= 0.6 is 11.8 Å². The average molecular weight is 335 g/mol. The van der Waals surface area contributed by atoms with E-state index in [9.17, 15) is 8.78 Å². The normalized spacial score (nSPS) is 19.0. The van der Waals surface area contributed by atoms with Crippen LogP contribution in [0.3, 0.4) is 0 Å². The summed E-state index contributed by atoms with van der Waals surface area (Å²) in [5, 5.41) is 0. The van der Waals surface area contributed by atoms with Crippen LogP contribution in [-0.2, 0) is 4.74 Å². The fourth-order valence-electron chi connectivity index (χ4n) is 2.66. The second kappa shape index (κ2) is 7.90. The number of rotatable bonds is 5. The standard InChI is InChI=1S/C18H19F2NOS/c19-15-5-3-4-14(12-15)17-13-21(8-10-22-17)9-11-23-18-7-2-1-6-16(18)20/h1-7,12,17H,8-11,13H2. The van der Waals surface area contributed by atoms with Crippen LogP contribution in [0.2, 0.25) is 0 Å². The topological polar surface area (TPSA) is 12.5 Å². The van der Waals surface area contributed by atoms with Crippen molar-refractivity contribution < 1.29 is 13.5 Å². The molecule has 2 nitrogen and oxygen atoms in total. The molecule has 1 aliphatic rings. The SMILES string of the molecule is Fc1cccc(C2CN(CCSc3ccccc3F)CCO2)c1. The first-order chi connectivity index (χ1) is 11.2. The van der Waals surface area contributed by atoms with Gasteiger partial charge < -0.3 is 4.74 Å². The number of hydrogen-bond donors (Lipinski definition) is 0. The van der Waals surface area contributed by atoms with Crippen LogP contribution in [0.4, 0.5) is 8.78 Å². The van der Waals surface area contributed by atoms with Gasteiger partial charge in [-0.1, -0.05) is 24.3 Å². The summed E-state index contributed by atoms with van der Waals surface area (Å²) in [5.74, 6) is 0.409. The molecule has 1 fully saturated rings. The molecule has 0 spiro atoms. The maximum atomic E-state index is 13.6. The van der Waals surface area contributed by atoms with E-state index < -0.39 is 0 Å². The van der Waals surface area contributed by atoms with Crippen LogP contribution in [0, 0.1) is 11.6 Å². The van der Waals surface area contributed by atoms with Crippen molar-refractivity contribution in [3.05, 3.63) is 65.7 Å². The van der Waals surface area contributed by atoms with Crippen molar-refractivity contribution in [1.82, 2.24) is 4.90 Å². The van der Waals surface area contributed by atoms with Gasteiger partial charge in [0, 0.05) is 30.3 Å². The van der Waals surface area contributed by atoms with Crippen LogP contribution in [0.25, 0.3) is 0 Å². The zero-order chi connectivity index (χ0) is 16.1. The van der Waals surface area contributed by atoms with Gasteiger partial charge in [-0.15, -0.1) is 11.8 Å². The smallest absolute Gasteiger partial charge is 0.136 e. The van der Waals surface area contributed by atoms with E-state index >= 15 is 0 Å². The maximum Gasteiger partial charge on any atom is 0.136 e. The molecular weight excluding hydrogens is 316 g/mol. The van der Waals surface area contributed by atoms with Gasteiger partial charge in [-0.3, -0.25) is 4.90 Å². The van der Waals surface area contributed by atoms with Crippen molar-refractivity contribution in [2.45, 2.75) is 11.0 Å². The van der Waals surface area contributed by atoms with Crippen molar-refractivity contribution in [3.8, 4) is 0 Å². The first-order valence-corrected chi connectivity index (χ1v) is 8.68. The van der Waals surface area contributed by atoms with Gasteiger partial charge in [0.1, 0.15) is 11.6 Å². The molecule has 0 bridgehead atoms. The van der Waals surface area contributed by atoms with Gasteiger partial charge in [0.2, 0.25) is 0 Å². The highest BCUT2D eigenvalue weighted by molar-refractivity contribution is 7.99. The third-order valence-electron chi connectivity index (χ3n) is 3.87. The fourth-order valence-corrected chi connectivity index (χ4v) is 3.61. The Hall–Kier alpha value is -1.43. The lowest BCUT2D eigenvalue weighted by atomic mass is 10.1. The second-order valence-electron chi connectivity index (χ2n) is 5.49. The summed E-state index contributed by atoms with van der Waals surface area (Å²) in [6.07, 6.45) is -0.0992. The predicted molar refractivity (Wildman–Crippen MR) is 88.7 cm³/mol. The van der Waals surface area contributed by atoms with Crippen LogP contribution in [0.15, 0.2) is 53.4 Å². The van der Waals surface area contributed by atoms with Crippen molar-refractivity contribution in [1.29, 1.82) is 0 Å². The Morgan fingerprint density at radius 2 is 2.00 bits per heavy atom. The van der Waals surface area contributed by atoms with Crippen LogP contribution in [0.1, 0.15) is 11.7 Å². The van der Waals surface area contributed by atoms with Gasteiger partial charge in [-0.25, -0.2) is 8.78 Å². The average Bonchev–Trinajstić information content (AvgIpc) is 2.57. The molecule has 0 N–H and O–H groups in total. The summed E-state index contributed by atoms with van der Waals surface area (Å²) in [6.45, 7) is 3.07. The van der Waals surface area contributed by atoms with Crippen molar-refractivity contribution in [3.63, 3.8) is 0 Å². The van der Waals surface area contributed by atoms with Gasteiger partial charge in [0.15, 0.2) is 0 Å². The summed E-state index contributed by atoms with van der Waals surface area (Å²) in [7, 11) is 0. The Morgan fingerprint density at radius 1 is 1.13 bits per heavy atom. The van der Waals surface area contributed by atoms with Gasteiger partial charge in [-0.2, -0.15) is 0 Å². The molecule has 2 aromatic rings. The summed E-state index contributed by atoms with van der Waals surface area (Å²) in [4.78, 5) is 2.97. The molecule has 0 amide bonds. The number of benzene rings is 2. The summed E-state index contributed by atoms with van der Waals surface area (Å²) >= 11 is 1.52. The Balaban J connectivity index is 1.52. The molecule has 5 heteroatoms. The summed E-state index contributed by atoms with van der Waals surface area (Å²) < 4.78 is 32.7. The number of nitrogens with zero attached hydrogens (tertiary/aromatic N) is 1. The summed E-state index contributed by atoms with van der Waals surface area (Å²) in [5.41, 5.74) is 0.872. The predicted octanol–water partition coefficient (Wildman–Crippen LogP) is 4.13. The number of morpholine rings is 1. The highest BCUT2D eigenvalue weighted by Gasteiger charge is 2.22. The van der Waals surface area contributed by atoms with E-state index in [-0.39, 0.29) is 17.7 Å². The number of hydrogen-bond acceptors (Lipinski definition) is 3. The minimum absolute atomic E-state index is 0.0992. The first-order valence-electron chi connectivity index (χ1n) is 7.69. The number of halogens is 2. The molecule has 0 aliphatic carbocycles. The van der Waals surface area contributed by atoms with E-state index in [2.05, 4.69) is 4.90 Å². The lowest BCUT2D eigenvalue weighted by Gasteiger charge is -2.33. The van der Waals surface area contributed by atoms with Crippen LogP contribution < -0.4 is 0 Å². The molecule has 1 saturated heterocycles. The van der Waals surface area contributed by atoms with Crippen molar-refractivity contribution in [2.75, 3.05) is 32.0 Å². The Bertz CT molecular complexity index is 652. The molecule has 1 heterocycles. The fraction of sp³-hybridized carbons (Fsp3) is 0.333. The van der Waals surface area contributed by atoms with Crippen molar-refractivity contribution >= 4 is 11.8 Å². The molecule has 2 aromatic carbocycles. The van der Waals surface area contributed by atoms with E-state index in [1.165, 1.54) is 30.0 Å². The second-order valence-corrected chi connectivity index (χ2v) is 6.63. The van der Waals surface area contributed by atoms with Gasteiger partial charge >= 0.3 is 0 Å². The van der Waals surface area contributed by atoms with E-state index in [0.717, 1.165) is 31.0 Å². The molecule has 1 aliphatic heterocycles. The zero-order valence-electron chi connectivity index (χ0n) is 12.8. The van der Waals surface area contributed by atoms with E-state index in [0.29, 0.717) is 11.5 Å². The minimum atomic E-state index is -0.238. The number of ether oxygens (including phenoxy) is 1. The quantitative estimate of drug-likeness (QED) is 0.762. The molecule has 0 saturated carbocycles. The largest absolute Gasteiger partial charge is 0.371 e.